The summed E-state index contributed by atoms with van der Waals surface area (Å²) < 4.78 is 0.588. The molecular formula is C14H14ClNO2S2. The van der Waals surface area contributed by atoms with E-state index in [-0.39, 0.29) is 16.7 Å². The van der Waals surface area contributed by atoms with Gasteiger partial charge in [-0.05, 0) is 42.7 Å². The Morgan fingerprint density at radius 3 is 2.80 bits per heavy atom. The maximum absolute atomic E-state index is 12.2. The van der Waals surface area contributed by atoms with Crippen LogP contribution in [0.1, 0.15) is 24.5 Å². The van der Waals surface area contributed by atoms with Crippen LogP contribution in [-0.2, 0) is 4.79 Å². The lowest BCUT2D eigenvalue weighted by atomic mass is 10.1. The van der Waals surface area contributed by atoms with Crippen molar-refractivity contribution in [1.82, 2.24) is 4.90 Å². The summed E-state index contributed by atoms with van der Waals surface area (Å²) >= 11 is 12.4. The Labute approximate surface area is 132 Å². The lowest BCUT2D eigenvalue weighted by Gasteiger charge is -2.11. The van der Waals surface area contributed by atoms with Gasteiger partial charge in [0.05, 0.1) is 9.93 Å². The Kier molecular flexibility index (Phi) is 4.73. The number of nitrogens with zero attached hydrogens (tertiary/aromatic N) is 1. The predicted molar refractivity (Wildman–Crippen MR) is 88.0 cm³/mol. The Morgan fingerprint density at radius 2 is 2.20 bits per heavy atom. The second kappa shape index (κ2) is 6.16. The highest BCUT2D eigenvalue weighted by atomic mass is 35.5. The normalized spacial score (nSPS) is 17.4. The number of benzene rings is 1. The van der Waals surface area contributed by atoms with Gasteiger partial charge in [0, 0.05) is 6.54 Å². The number of carbonyl (C=O) groups is 1. The number of thioether (sulfide) groups is 1. The molecule has 0 saturated carbocycles. The standard InChI is InChI=1S/C14H14ClNO2S2/c1-3-4-16-13(18)11(20-14(16)19)7-9-5-8(2)12(17)10(15)6-9/h5-7,17H,3-4H2,1-2H3/b11-7-. The number of halogens is 1. The third-order valence-corrected chi connectivity index (χ3v) is 4.56. The first kappa shape index (κ1) is 15.4. The van der Waals surface area contributed by atoms with Crippen molar-refractivity contribution in [1.29, 1.82) is 0 Å². The zero-order valence-electron chi connectivity index (χ0n) is 11.1. The van der Waals surface area contributed by atoms with Gasteiger partial charge in [0.15, 0.2) is 0 Å². The molecule has 1 saturated heterocycles. The lowest BCUT2D eigenvalue weighted by molar-refractivity contribution is -0.122. The molecule has 0 spiro atoms. The number of amides is 1. The molecule has 0 aromatic heterocycles. The smallest absolute Gasteiger partial charge is 0.266 e. The van der Waals surface area contributed by atoms with Crippen LogP contribution in [0.15, 0.2) is 17.0 Å². The molecule has 1 fully saturated rings. The molecule has 1 heterocycles. The highest BCUT2D eigenvalue weighted by Gasteiger charge is 2.31. The van der Waals surface area contributed by atoms with Gasteiger partial charge in [0.2, 0.25) is 0 Å². The van der Waals surface area contributed by atoms with Crippen molar-refractivity contribution >= 4 is 51.9 Å². The Morgan fingerprint density at radius 1 is 1.50 bits per heavy atom. The van der Waals surface area contributed by atoms with Gasteiger partial charge in [-0.1, -0.05) is 42.5 Å². The minimum absolute atomic E-state index is 0.0660. The van der Waals surface area contributed by atoms with E-state index in [0.717, 1.165) is 12.0 Å². The van der Waals surface area contributed by atoms with Crippen LogP contribution in [0.25, 0.3) is 6.08 Å². The summed E-state index contributed by atoms with van der Waals surface area (Å²) in [5.41, 5.74) is 1.45. The van der Waals surface area contributed by atoms with Crippen molar-refractivity contribution in [2.24, 2.45) is 0 Å². The quantitative estimate of drug-likeness (QED) is 0.673. The van der Waals surface area contributed by atoms with E-state index >= 15 is 0 Å². The molecule has 0 bridgehead atoms. The highest BCUT2D eigenvalue weighted by molar-refractivity contribution is 8.26. The molecule has 0 aliphatic carbocycles. The molecule has 1 N–H and O–H groups in total. The van der Waals surface area contributed by atoms with Crippen molar-refractivity contribution in [2.45, 2.75) is 20.3 Å². The van der Waals surface area contributed by atoms with Crippen LogP contribution < -0.4 is 0 Å². The number of aryl methyl sites for hydroxylation is 1. The van der Waals surface area contributed by atoms with Gasteiger partial charge in [-0.2, -0.15) is 0 Å². The first-order chi connectivity index (χ1) is 9.43. The number of hydrogen-bond donors (Lipinski definition) is 1. The van der Waals surface area contributed by atoms with Crippen LogP contribution in [0.3, 0.4) is 0 Å². The number of thiocarbonyl (C=S) groups is 1. The summed E-state index contributed by atoms with van der Waals surface area (Å²) in [6.45, 7) is 4.41. The van der Waals surface area contributed by atoms with Crippen molar-refractivity contribution in [3.8, 4) is 5.75 Å². The van der Waals surface area contributed by atoms with Crippen molar-refractivity contribution < 1.29 is 9.90 Å². The maximum Gasteiger partial charge on any atom is 0.266 e. The molecule has 1 aromatic rings. The van der Waals surface area contributed by atoms with Gasteiger partial charge in [0.1, 0.15) is 10.1 Å². The average Bonchev–Trinajstić information content (AvgIpc) is 2.64. The van der Waals surface area contributed by atoms with Crippen LogP contribution in [0.2, 0.25) is 5.02 Å². The summed E-state index contributed by atoms with van der Waals surface area (Å²) in [5, 5.41) is 9.92. The monoisotopic (exact) mass is 327 g/mol. The number of hydrogen-bond acceptors (Lipinski definition) is 4. The fourth-order valence-corrected chi connectivity index (χ4v) is 3.50. The third-order valence-electron chi connectivity index (χ3n) is 2.89. The second-order valence-corrected chi connectivity index (χ2v) is 6.58. The van der Waals surface area contributed by atoms with Crippen LogP contribution in [-0.4, -0.2) is 26.8 Å². The number of aromatic hydroxyl groups is 1. The summed E-state index contributed by atoms with van der Waals surface area (Å²) in [4.78, 5) is 14.4. The van der Waals surface area contributed by atoms with Crippen molar-refractivity contribution in [2.75, 3.05) is 6.54 Å². The molecule has 1 aliphatic rings. The minimum atomic E-state index is -0.0660. The SMILES string of the molecule is CCCN1C(=O)/C(=C/c2cc(C)c(O)c(Cl)c2)SC1=S. The fraction of sp³-hybridized carbons (Fsp3) is 0.286. The molecule has 20 heavy (non-hydrogen) atoms. The highest BCUT2D eigenvalue weighted by Crippen LogP contribution is 2.34. The zero-order valence-corrected chi connectivity index (χ0v) is 13.5. The van der Waals surface area contributed by atoms with Gasteiger partial charge in [-0.15, -0.1) is 0 Å². The molecule has 0 radical (unpaired) electrons. The Balaban J connectivity index is 2.33. The Hall–Kier alpha value is -1.04. The lowest BCUT2D eigenvalue weighted by Crippen LogP contribution is -2.28. The minimum Gasteiger partial charge on any atom is -0.506 e. The molecule has 6 heteroatoms. The predicted octanol–water partition coefficient (Wildman–Crippen LogP) is 3.97. The molecule has 1 amide bonds. The zero-order chi connectivity index (χ0) is 14.9. The van der Waals surface area contributed by atoms with Gasteiger partial charge in [-0.3, -0.25) is 9.69 Å². The van der Waals surface area contributed by atoms with E-state index in [4.69, 9.17) is 23.8 Å². The summed E-state index contributed by atoms with van der Waals surface area (Å²) in [6.07, 6.45) is 2.62. The molecule has 0 atom stereocenters. The topological polar surface area (TPSA) is 40.5 Å². The van der Waals surface area contributed by atoms with E-state index in [2.05, 4.69) is 0 Å². The number of phenolic OH excluding ortho intramolecular Hbond substituents is 1. The van der Waals surface area contributed by atoms with Crippen LogP contribution in [0.4, 0.5) is 0 Å². The molecule has 3 nitrogen and oxygen atoms in total. The molecule has 2 rings (SSSR count). The largest absolute Gasteiger partial charge is 0.506 e. The van der Waals surface area contributed by atoms with Gasteiger partial charge in [-0.25, -0.2) is 0 Å². The van der Waals surface area contributed by atoms with Crippen LogP contribution in [0.5, 0.6) is 5.75 Å². The summed E-state index contributed by atoms with van der Waals surface area (Å²) in [6, 6.07) is 3.42. The van der Waals surface area contributed by atoms with E-state index in [0.29, 0.717) is 21.3 Å². The Bertz CT molecular complexity index is 590. The number of phenols is 1. The van der Waals surface area contributed by atoms with Crippen LogP contribution >= 0.6 is 35.6 Å². The van der Waals surface area contributed by atoms with Crippen molar-refractivity contribution in [3.05, 3.63) is 33.2 Å². The molecule has 0 unspecified atom stereocenters. The first-order valence-electron chi connectivity index (χ1n) is 6.18. The second-order valence-electron chi connectivity index (χ2n) is 4.50. The average molecular weight is 328 g/mol. The first-order valence-corrected chi connectivity index (χ1v) is 7.78. The van der Waals surface area contributed by atoms with E-state index in [1.807, 2.05) is 6.92 Å². The third kappa shape index (κ3) is 3.00. The molecule has 106 valence electrons. The number of carbonyl (C=O) groups excluding carboxylic acids is 1. The molecular weight excluding hydrogens is 314 g/mol. The fourth-order valence-electron chi connectivity index (χ4n) is 1.91. The van der Waals surface area contributed by atoms with E-state index in [1.54, 1.807) is 30.0 Å². The molecule has 1 aromatic carbocycles. The number of rotatable bonds is 3. The van der Waals surface area contributed by atoms with Crippen LogP contribution in [0, 0.1) is 6.92 Å². The van der Waals surface area contributed by atoms with Gasteiger partial charge < -0.3 is 5.11 Å². The maximum atomic E-state index is 12.2. The van der Waals surface area contributed by atoms with Gasteiger partial charge in [0.25, 0.3) is 5.91 Å². The molecule has 1 aliphatic heterocycles. The van der Waals surface area contributed by atoms with Crippen molar-refractivity contribution in [3.63, 3.8) is 0 Å². The summed E-state index contributed by atoms with van der Waals surface area (Å²) in [7, 11) is 0. The van der Waals surface area contributed by atoms with E-state index in [1.165, 1.54) is 11.8 Å². The van der Waals surface area contributed by atoms with Gasteiger partial charge >= 0.3 is 0 Å². The van der Waals surface area contributed by atoms with E-state index in [9.17, 15) is 9.90 Å². The summed E-state index contributed by atoms with van der Waals surface area (Å²) in [5.74, 6) is 0.00560. The van der Waals surface area contributed by atoms with E-state index < -0.39 is 0 Å².